The smallest absolute Gasteiger partial charge is 0.336 e. The average molecular weight is 299 g/mol. The van der Waals surface area contributed by atoms with E-state index in [4.69, 9.17) is 4.42 Å². The minimum atomic E-state index is -0.235. The van der Waals surface area contributed by atoms with Crippen LogP contribution in [0, 0.1) is 13.8 Å². The molecule has 1 aromatic heterocycles. The van der Waals surface area contributed by atoms with E-state index in [2.05, 4.69) is 30.9 Å². The molecular weight excluding hydrogens is 274 g/mol. The molecule has 22 heavy (non-hydrogen) atoms. The average Bonchev–Trinajstić information content (AvgIpc) is 2.52. The maximum Gasteiger partial charge on any atom is 0.336 e. The van der Waals surface area contributed by atoms with Gasteiger partial charge in [0.1, 0.15) is 5.58 Å². The summed E-state index contributed by atoms with van der Waals surface area (Å²) in [4.78, 5) is 14.5. The zero-order valence-electron chi connectivity index (χ0n) is 13.8. The number of hydrogen-bond acceptors (Lipinski definition) is 3. The van der Waals surface area contributed by atoms with E-state index >= 15 is 0 Å². The zero-order chi connectivity index (χ0) is 15.7. The van der Waals surface area contributed by atoms with Crippen LogP contribution in [-0.2, 0) is 6.54 Å². The molecule has 1 saturated heterocycles. The van der Waals surface area contributed by atoms with Gasteiger partial charge in [-0.15, -0.1) is 0 Å². The fourth-order valence-electron chi connectivity index (χ4n) is 3.60. The minimum Gasteiger partial charge on any atom is -0.422 e. The van der Waals surface area contributed by atoms with Gasteiger partial charge in [0.05, 0.1) is 0 Å². The third-order valence-electron chi connectivity index (χ3n) is 5.11. The molecule has 1 aliphatic heterocycles. The van der Waals surface area contributed by atoms with Gasteiger partial charge in [-0.25, -0.2) is 4.79 Å². The first-order chi connectivity index (χ1) is 10.6. The van der Waals surface area contributed by atoms with Crippen molar-refractivity contribution in [1.29, 1.82) is 0 Å². The first-order valence-electron chi connectivity index (χ1n) is 8.37. The van der Waals surface area contributed by atoms with Gasteiger partial charge >= 0.3 is 5.63 Å². The van der Waals surface area contributed by atoms with Crippen molar-refractivity contribution in [1.82, 2.24) is 4.90 Å². The lowest BCUT2D eigenvalue weighted by Gasteiger charge is -2.35. The normalized spacial score (nSPS) is 19.7. The van der Waals surface area contributed by atoms with Crippen LogP contribution in [0.15, 0.2) is 27.4 Å². The standard InChI is InChI=1S/C19H25NO2/c1-4-16-7-5-6-10-20(16)12-15-11-18(21)22-19-14(3)13(2)8-9-17(15)19/h8-9,11,16H,4-7,10,12H2,1-3H3. The quantitative estimate of drug-likeness (QED) is 0.797. The van der Waals surface area contributed by atoms with Crippen molar-refractivity contribution in [3.8, 4) is 0 Å². The first-order valence-corrected chi connectivity index (χ1v) is 8.37. The van der Waals surface area contributed by atoms with Crippen LogP contribution < -0.4 is 5.63 Å². The number of fused-ring (bicyclic) bond motifs is 1. The van der Waals surface area contributed by atoms with E-state index < -0.39 is 0 Å². The highest BCUT2D eigenvalue weighted by molar-refractivity contribution is 5.83. The summed E-state index contributed by atoms with van der Waals surface area (Å²) >= 11 is 0. The van der Waals surface area contributed by atoms with Crippen LogP contribution in [-0.4, -0.2) is 17.5 Å². The van der Waals surface area contributed by atoms with Gasteiger partial charge in [-0.1, -0.05) is 25.5 Å². The van der Waals surface area contributed by atoms with Crippen molar-refractivity contribution in [2.24, 2.45) is 0 Å². The first kappa shape index (κ1) is 15.3. The number of piperidine rings is 1. The molecule has 0 radical (unpaired) electrons. The molecule has 0 bridgehead atoms. The van der Waals surface area contributed by atoms with Gasteiger partial charge < -0.3 is 4.42 Å². The number of hydrogen-bond donors (Lipinski definition) is 0. The highest BCUT2D eigenvalue weighted by Crippen LogP contribution is 2.27. The Morgan fingerprint density at radius 1 is 1.27 bits per heavy atom. The van der Waals surface area contributed by atoms with Gasteiger partial charge in [0, 0.05) is 24.0 Å². The topological polar surface area (TPSA) is 33.5 Å². The fraction of sp³-hybridized carbons (Fsp3) is 0.526. The Labute approximate surface area is 131 Å². The second kappa shape index (κ2) is 6.25. The lowest BCUT2D eigenvalue weighted by molar-refractivity contribution is 0.136. The molecule has 0 aliphatic carbocycles. The summed E-state index contributed by atoms with van der Waals surface area (Å²) in [5, 5.41) is 1.09. The Kier molecular flexibility index (Phi) is 4.34. The Bertz CT molecular complexity index is 732. The van der Waals surface area contributed by atoms with E-state index in [1.807, 2.05) is 6.92 Å². The molecule has 0 amide bonds. The van der Waals surface area contributed by atoms with E-state index in [1.54, 1.807) is 6.07 Å². The van der Waals surface area contributed by atoms with Crippen LogP contribution in [0.2, 0.25) is 0 Å². The minimum absolute atomic E-state index is 0.235. The lowest BCUT2D eigenvalue weighted by atomic mass is 9.98. The molecule has 0 N–H and O–H groups in total. The zero-order valence-corrected chi connectivity index (χ0v) is 13.8. The van der Waals surface area contributed by atoms with Gasteiger partial charge in [-0.05, 0) is 56.3 Å². The van der Waals surface area contributed by atoms with Crippen LogP contribution in [0.3, 0.4) is 0 Å². The van der Waals surface area contributed by atoms with E-state index in [0.717, 1.165) is 40.7 Å². The molecule has 1 aliphatic rings. The van der Waals surface area contributed by atoms with E-state index in [-0.39, 0.29) is 5.63 Å². The molecule has 1 unspecified atom stereocenters. The number of nitrogens with zero attached hydrogens (tertiary/aromatic N) is 1. The summed E-state index contributed by atoms with van der Waals surface area (Å²) in [6.07, 6.45) is 5.03. The van der Waals surface area contributed by atoms with Gasteiger partial charge in [-0.2, -0.15) is 0 Å². The number of likely N-dealkylation sites (tertiary alicyclic amines) is 1. The van der Waals surface area contributed by atoms with Crippen LogP contribution >= 0.6 is 0 Å². The highest BCUT2D eigenvalue weighted by atomic mass is 16.4. The van der Waals surface area contributed by atoms with Crippen molar-refractivity contribution in [2.45, 2.75) is 59.0 Å². The predicted molar refractivity (Wildman–Crippen MR) is 90.3 cm³/mol. The Balaban J connectivity index is 2.03. The maximum absolute atomic E-state index is 12.0. The van der Waals surface area contributed by atoms with Crippen LogP contribution in [0.25, 0.3) is 11.0 Å². The monoisotopic (exact) mass is 299 g/mol. The molecule has 2 heterocycles. The Hall–Kier alpha value is -1.61. The second-order valence-corrected chi connectivity index (χ2v) is 6.50. The molecule has 3 heteroatoms. The number of aryl methyl sites for hydroxylation is 2. The molecule has 3 rings (SSSR count). The van der Waals surface area contributed by atoms with E-state index in [0.29, 0.717) is 6.04 Å². The summed E-state index contributed by atoms with van der Waals surface area (Å²) in [6.45, 7) is 8.32. The maximum atomic E-state index is 12.0. The van der Waals surface area contributed by atoms with E-state index in [1.165, 1.54) is 25.7 Å². The van der Waals surface area contributed by atoms with Gasteiger partial charge in [0.25, 0.3) is 0 Å². The third kappa shape index (κ3) is 2.82. The molecule has 1 atom stereocenters. The fourth-order valence-corrected chi connectivity index (χ4v) is 3.60. The van der Waals surface area contributed by atoms with Crippen molar-refractivity contribution < 1.29 is 4.42 Å². The molecule has 2 aromatic rings. The van der Waals surface area contributed by atoms with Crippen LogP contribution in [0.5, 0.6) is 0 Å². The van der Waals surface area contributed by atoms with E-state index in [9.17, 15) is 4.79 Å². The second-order valence-electron chi connectivity index (χ2n) is 6.50. The summed E-state index contributed by atoms with van der Waals surface area (Å²) in [5.41, 5.74) is 3.86. The number of rotatable bonds is 3. The van der Waals surface area contributed by atoms with Gasteiger partial charge in [-0.3, -0.25) is 4.90 Å². The van der Waals surface area contributed by atoms with Crippen LogP contribution in [0.1, 0.15) is 49.3 Å². The van der Waals surface area contributed by atoms with Crippen molar-refractivity contribution in [3.63, 3.8) is 0 Å². The third-order valence-corrected chi connectivity index (χ3v) is 5.11. The molecule has 3 nitrogen and oxygen atoms in total. The van der Waals surface area contributed by atoms with Crippen molar-refractivity contribution in [2.75, 3.05) is 6.54 Å². The summed E-state index contributed by atoms with van der Waals surface area (Å²) in [6, 6.07) is 6.54. The Morgan fingerprint density at radius 2 is 2.09 bits per heavy atom. The summed E-state index contributed by atoms with van der Waals surface area (Å²) < 4.78 is 5.48. The van der Waals surface area contributed by atoms with Gasteiger partial charge in [0.2, 0.25) is 0 Å². The Morgan fingerprint density at radius 3 is 2.86 bits per heavy atom. The SMILES string of the molecule is CCC1CCCCN1Cc1cc(=O)oc2c(C)c(C)ccc12. The molecular formula is C19H25NO2. The van der Waals surface area contributed by atoms with Gasteiger partial charge in [0.15, 0.2) is 0 Å². The molecule has 118 valence electrons. The molecule has 0 spiro atoms. The van der Waals surface area contributed by atoms with Crippen molar-refractivity contribution >= 4 is 11.0 Å². The lowest BCUT2D eigenvalue weighted by Crippen LogP contribution is -2.38. The predicted octanol–water partition coefficient (Wildman–Crippen LogP) is 4.17. The summed E-state index contributed by atoms with van der Waals surface area (Å²) in [7, 11) is 0. The molecule has 1 aromatic carbocycles. The molecule has 1 fully saturated rings. The summed E-state index contributed by atoms with van der Waals surface area (Å²) in [5.74, 6) is 0. The highest BCUT2D eigenvalue weighted by Gasteiger charge is 2.22. The van der Waals surface area contributed by atoms with Crippen LogP contribution in [0.4, 0.5) is 0 Å². The van der Waals surface area contributed by atoms with Crippen molar-refractivity contribution in [3.05, 3.63) is 45.3 Å². The number of benzene rings is 1. The molecule has 0 saturated carbocycles. The largest absolute Gasteiger partial charge is 0.422 e.